The zero-order valence-electron chi connectivity index (χ0n) is 13.0. The molecule has 8 heteroatoms. The van der Waals surface area contributed by atoms with E-state index in [2.05, 4.69) is 5.32 Å². The van der Waals surface area contributed by atoms with Gasteiger partial charge in [0.05, 0.1) is 26.5 Å². The van der Waals surface area contributed by atoms with Gasteiger partial charge in [0.25, 0.3) is 0 Å². The van der Waals surface area contributed by atoms with Gasteiger partial charge in [-0.05, 0) is 26.1 Å². The summed E-state index contributed by atoms with van der Waals surface area (Å²) in [6, 6.07) is 4.27. The molecule has 0 radical (unpaired) electrons. The number of anilines is 1. The fraction of sp³-hybridized carbons (Fsp3) is 0.429. The first-order valence-electron chi connectivity index (χ1n) is 6.34. The van der Waals surface area contributed by atoms with Gasteiger partial charge in [-0.2, -0.15) is 0 Å². The standard InChI is InChI=1S/C14H20N2O5.ClH/c1-9(14(18)19)16(2)8-13(17)15-11-6-5-10(20-3)7-12(11)21-4;/h5-7,9H,8H2,1-4H3,(H,15,17)(H,18,19);1H. The number of nitrogens with zero attached hydrogens (tertiary/aromatic N) is 1. The second kappa shape index (κ2) is 9.11. The van der Waals surface area contributed by atoms with Crippen LogP contribution in [0.3, 0.4) is 0 Å². The van der Waals surface area contributed by atoms with Crippen molar-refractivity contribution >= 4 is 30.0 Å². The Hall–Kier alpha value is -1.99. The van der Waals surface area contributed by atoms with Crippen LogP contribution in [0.25, 0.3) is 0 Å². The molecule has 2 N–H and O–H groups in total. The largest absolute Gasteiger partial charge is 0.497 e. The first-order chi connectivity index (χ1) is 9.88. The Labute approximate surface area is 135 Å². The number of carbonyl (C=O) groups excluding carboxylic acids is 1. The molecule has 0 saturated carbocycles. The number of hydrogen-bond donors (Lipinski definition) is 2. The predicted octanol–water partition coefficient (Wildman–Crippen LogP) is 1.47. The summed E-state index contributed by atoms with van der Waals surface area (Å²) in [5, 5.41) is 11.6. The number of benzene rings is 1. The Morgan fingerprint density at radius 2 is 1.95 bits per heavy atom. The van der Waals surface area contributed by atoms with Gasteiger partial charge in [0, 0.05) is 6.07 Å². The Morgan fingerprint density at radius 3 is 2.45 bits per heavy atom. The summed E-state index contributed by atoms with van der Waals surface area (Å²) >= 11 is 0. The highest BCUT2D eigenvalue weighted by atomic mass is 35.5. The Kier molecular flexibility index (Phi) is 8.29. The smallest absolute Gasteiger partial charge is 0.320 e. The molecular formula is C14H21ClN2O5. The van der Waals surface area contributed by atoms with E-state index in [1.54, 1.807) is 25.2 Å². The van der Waals surface area contributed by atoms with Crippen LogP contribution < -0.4 is 14.8 Å². The van der Waals surface area contributed by atoms with Gasteiger partial charge < -0.3 is 19.9 Å². The number of hydrogen-bond acceptors (Lipinski definition) is 5. The van der Waals surface area contributed by atoms with Gasteiger partial charge in [-0.15, -0.1) is 12.4 Å². The summed E-state index contributed by atoms with van der Waals surface area (Å²) in [6.45, 7) is 1.48. The Bertz CT molecular complexity index is 524. The van der Waals surface area contributed by atoms with Crippen molar-refractivity contribution in [1.82, 2.24) is 4.90 Å². The number of methoxy groups -OCH3 is 2. The fourth-order valence-electron chi connectivity index (χ4n) is 1.64. The summed E-state index contributed by atoms with van der Waals surface area (Å²) in [7, 11) is 4.60. The van der Waals surface area contributed by atoms with Crippen molar-refractivity contribution in [1.29, 1.82) is 0 Å². The molecule has 0 aliphatic heterocycles. The van der Waals surface area contributed by atoms with Gasteiger partial charge in [0.2, 0.25) is 5.91 Å². The molecule has 0 bridgehead atoms. The number of amides is 1. The van der Waals surface area contributed by atoms with Crippen molar-refractivity contribution in [2.45, 2.75) is 13.0 Å². The van der Waals surface area contributed by atoms with Crippen molar-refractivity contribution < 1.29 is 24.2 Å². The first-order valence-corrected chi connectivity index (χ1v) is 6.34. The van der Waals surface area contributed by atoms with Crippen LogP contribution in [-0.4, -0.2) is 55.7 Å². The second-order valence-corrected chi connectivity index (χ2v) is 4.54. The average Bonchev–Trinajstić information content (AvgIpc) is 2.46. The van der Waals surface area contributed by atoms with Crippen LogP contribution in [-0.2, 0) is 9.59 Å². The van der Waals surface area contributed by atoms with E-state index in [1.165, 1.54) is 26.0 Å². The minimum Gasteiger partial charge on any atom is -0.497 e. The van der Waals surface area contributed by atoms with Crippen molar-refractivity contribution in [3.63, 3.8) is 0 Å². The van der Waals surface area contributed by atoms with Crippen LogP contribution in [0.2, 0.25) is 0 Å². The number of rotatable bonds is 7. The molecule has 0 saturated heterocycles. The van der Waals surface area contributed by atoms with Gasteiger partial charge in [0.1, 0.15) is 17.5 Å². The molecule has 1 unspecified atom stereocenters. The molecule has 1 rings (SSSR count). The SMILES string of the molecule is COc1ccc(NC(=O)CN(C)C(C)C(=O)O)c(OC)c1.Cl. The summed E-state index contributed by atoms with van der Waals surface area (Å²) in [5.74, 6) is -0.223. The lowest BCUT2D eigenvalue weighted by Crippen LogP contribution is -2.40. The molecule has 22 heavy (non-hydrogen) atoms. The van der Waals surface area contributed by atoms with Crippen LogP contribution in [0.4, 0.5) is 5.69 Å². The quantitative estimate of drug-likeness (QED) is 0.786. The molecule has 0 aromatic heterocycles. The van der Waals surface area contributed by atoms with Gasteiger partial charge in [-0.3, -0.25) is 14.5 Å². The van der Waals surface area contributed by atoms with E-state index in [9.17, 15) is 9.59 Å². The van der Waals surface area contributed by atoms with Gasteiger partial charge >= 0.3 is 5.97 Å². The number of nitrogens with one attached hydrogen (secondary N) is 1. The number of likely N-dealkylation sites (N-methyl/N-ethyl adjacent to an activating group) is 1. The highest BCUT2D eigenvalue weighted by Gasteiger charge is 2.19. The maximum atomic E-state index is 11.9. The predicted molar refractivity (Wildman–Crippen MR) is 85.2 cm³/mol. The molecule has 0 aliphatic carbocycles. The van der Waals surface area contributed by atoms with Crippen LogP contribution in [0, 0.1) is 0 Å². The molecule has 0 aliphatic rings. The monoisotopic (exact) mass is 332 g/mol. The minimum absolute atomic E-state index is 0. The van der Waals surface area contributed by atoms with E-state index in [1.807, 2.05) is 0 Å². The van der Waals surface area contributed by atoms with Crippen molar-refractivity contribution in [2.24, 2.45) is 0 Å². The fourth-order valence-corrected chi connectivity index (χ4v) is 1.64. The summed E-state index contributed by atoms with van der Waals surface area (Å²) in [4.78, 5) is 24.2. The second-order valence-electron chi connectivity index (χ2n) is 4.54. The lowest BCUT2D eigenvalue weighted by molar-refractivity contribution is -0.142. The van der Waals surface area contributed by atoms with Crippen LogP contribution >= 0.6 is 12.4 Å². The van der Waals surface area contributed by atoms with E-state index >= 15 is 0 Å². The lowest BCUT2D eigenvalue weighted by Gasteiger charge is -2.20. The lowest BCUT2D eigenvalue weighted by atomic mass is 10.2. The third-order valence-corrected chi connectivity index (χ3v) is 3.09. The van der Waals surface area contributed by atoms with Gasteiger partial charge in [-0.1, -0.05) is 0 Å². The van der Waals surface area contributed by atoms with Crippen molar-refractivity contribution in [3.8, 4) is 11.5 Å². The normalized spacial score (nSPS) is 11.3. The van der Waals surface area contributed by atoms with E-state index in [-0.39, 0.29) is 24.9 Å². The van der Waals surface area contributed by atoms with E-state index in [0.29, 0.717) is 17.2 Å². The molecule has 1 aromatic carbocycles. The highest BCUT2D eigenvalue weighted by Crippen LogP contribution is 2.28. The van der Waals surface area contributed by atoms with Crippen LogP contribution in [0.5, 0.6) is 11.5 Å². The zero-order chi connectivity index (χ0) is 16.0. The highest BCUT2D eigenvalue weighted by molar-refractivity contribution is 5.94. The Balaban J connectivity index is 0.00000441. The van der Waals surface area contributed by atoms with Crippen LogP contribution in [0.15, 0.2) is 18.2 Å². The summed E-state index contributed by atoms with van der Waals surface area (Å²) in [5.41, 5.74) is 0.500. The number of carboxylic acid groups (broad SMARTS) is 1. The molecule has 0 heterocycles. The average molecular weight is 333 g/mol. The topological polar surface area (TPSA) is 88.1 Å². The Morgan fingerprint density at radius 1 is 1.32 bits per heavy atom. The number of halogens is 1. The van der Waals surface area contributed by atoms with Gasteiger partial charge in [0.15, 0.2) is 0 Å². The van der Waals surface area contributed by atoms with E-state index in [4.69, 9.17) is 14.6 Å². The molecule has 1 amide bonds. The maximum Gasteiger partial charge on any atom is 0.320 e. The number of carboxylic acids is 1. The van der Waals surface area contributed by atoms with Gasteiger partial charge in [-0.25, -0.2) is 0 Å². The molecule has 0 fully saturated rings. The molecule has 124 valence electrons. The van der Waals surface area contributed by atoms with Crippen molar-refractivity contribution in [2.75, 3.05) is 33.1 Å². The number of ether oxygens (including phenoxy) is 2. The third kappa shape index (κ3) is 5.42. The molecule has 0 spiro atoms. The molecule has 1 aromatic rings. The number of carbonyl (C=O) groups is 2. The maximum absolute atomic E-state index is 11.9. The summed E-state index contributed by atoms with van der Waals surface area (Å²) in [6.07, 6.45) is 0. The third-order valence-electron chi connectivity index (χ3n) is 3.09. The van der Waals surface area contributed by atoms with Crippen molar-refractivity contribution in [3.05, 3.63) is 18.2 Å². The van der Waals surface area contributed by atoms with Crippen LogP contribution in [0.1, 0.15) is 6.92 Å². The molecule has 7 nitrogen and oxygen atoms in total. The number of aliphatic carboxylic acids is 1. The first kappa shape index (κ1) is 20.0. The van der Waals surface area contributed by atoms with E-state index in [0.717, 1.165) is 0 Å². The molecule has 1 atom stereocenters. The summed E-state index contributed by atoms with van der Waals surface area (Å²) < 4.78 is 10.2. The zero-order valence-corrected chi connectivity index (χ0v) is 13.8. The minimum atomic E-state index is -0.979. The molecular weight excluding hydrogens is 312 g/mol. The van der Waals surface area contributed by atoms with E-state index < -0.39 is 12.0 Å².